The molecule has 0 saturated carbocycles. The molecule has 0 spiro atoms. The Kier molecular flexibility index (Phi) is 4.56. The van der Waals surface area contributed by atoms with Gasteiger partial charge in [0.25, 0.3) is 0 Å². The summed E-state index contributed by atoms with van der Waals surface area (Å²) in [6, 6.07) is 2.57. The summed E-state index contributed by atoms with van der Waals surface area (Å²) in [6.45, 7) is 6.15. The van der Waals surface area contributed by atoms with E-state index in [1.54, 1.807) is 0 Å². The number of hydrogen-bond acceptors (Lipinski definition) is 4. The summed E-state index contributed by atoms with van der Waals surface area (Å²) in [4.78, 5) is 2.77. The van der Waals surface area contributed by atoms with Gasteiger partial charge < -0.3 is 4.74 Å². The maximum absolute atomic E-state index is 5.71. The second-order valence-corrected chi connectivity index (χ2v) is 6.19. The van der Waals surface area contributed by atoms with Crippen molar-refractivity contribution in [1.82, 2.24) is 5.43 Å². The van der Waals surface area contributed by atoms with Gasteiger partial charge >= 0.3 is 0 Å². The molecule has 1 aliphatic rings. The highest BCUT2D eigenvalue weighted by molar-refractivity contribution is 7.12. The number of ether oxygens (including phenoxy) is 1. The van der Waals surface area contributed by atoms with E-state index in [9.17, 15) is 0 Å². The van der Waals surface area contributed by atoms with Crippen LogP contribution in [-0.2, 0) is 4.74 Å². The lowest BCUT2D eigenvalue weighted by molar-refractivity contribution is 0.0606. The Morgan fingerprint density at radius 1 is 1.47 bits per heavy atom. The van der Waals surface area contributed by atoms with Crippen molar-refractivity contribution in [2.24, 2.45) is 11.8 Å². The van der Waals surface area contributed by atoms with Gasteiger partial charge in [0.1, 0.15) is 0 Å². The number of hydrogen-bond donors (Lipinski definition) is 2. The summed E-state index contributed by atoms with van der Waals surface area (Å²) in [5.41, 5.74) is 4.35. The number of nitrogens with one attached hydrogen (secondary N) is 1. The van der Waals surface area contributed by atoms with Crippen molar-refractivity contribution < 1.29 is 4.74 Å². The lowest BCUT2D eigenvalue weighted by atomic mass is 9.92. The van der Waals surface area contributed by atoms with E-state index in [1.165, 1.54) is 28.2 Å². The predicted molar refractivity (Wildman–Crippen MR) is 72.0 cm³/mol. The lowest BCUT2D eigenvalue weighted by Crippen LogP contribution is -2.30. The molecule has 3 N–H and O–H groups in total. The maximum Gasteiger partial charge on any atom is 0.0556 e. The van der Waals surface area contributed by atoms with E-state index in [-0.39, 0.29) is 0 Å². The largest absolute Gasteiger partial charge is 0.381 e. The standard InChI is InChI=1S/C13H22N2OS/c1-9-7-13(17-10(9)2)12(15-14)8-11-3-5-16-6-4-11/h7,11-12,15H,3-6,8,14H2,1-2H3. The van der Waals surface area contributed by atoms with E-state index in [4.69, 9.17) is 10.6 Å². The van der Waals surface area contributed by atoms with E-state index in [0.717, 1.165) is 25.6 Å². The van der Waals surface area contributed by atoms with Crippen LogP contribution in [0.2, 0.25) is 0 Å². The third-order valence-corrected chi connectivity index (χ3v) is 4.91. The van der Waals surface area contributed by atoms with E-state index in [2.05, 4.69) is 25.3 Å². The molecule has 1 fully saturated rings. The zero-order chi connectivity index (χ0) is 12.3. The van der Waals surface area contributed by atoms with Gasteiger partial charge in [-0.15, -0.1) is 11.3 Å². The van der Waals surface area contributed by atoms with E-state index >= 15 is 0 Å². The third-order valence-electron chi connectivity index (χ3n) is 3.64. The molecule has 17 heavy (non-hydrogen) atoms. The van der Waals surface area contributed by atoms with Gasteiger partial charge in [0.2, 0.25) is 0 Å². The van der Waals surface area contributed by atoms with Crippen LogP contribution in [0.25, 0.3) is 0 Å². The molecule has 1 unspecified atom stereocenters. The summed E-state index contributed by atoms with van der Waals surface area (Å²) >= 11 is 1.86. The number of nitrogens with two attached hydrogens (primary N) is 1. The van der Waals surface area contributed by atoms with Crippen molar-refractivity contribution in [1.29, 1.82) is 0 Å². The van der Waals surface area contributed by atoms with Crippen LogP contribution in [0.15, 0.2) is 6.07 Å². The highest BCUT2D eigenvalue weighted by Gasteiger charge is 2.21. The zero-order valence-corrected chi connectivity index (χ0v) is 11.5. The fraction of sp³-hybridized carbons (Fsp3) is 0.692. The summed E-state index contributed by atoms with van der Waals surface area (Å²) in [6.07, 6.45) is 3.46. The molecule has 3 nitrogen and oxygen atoms in total. The Morgan fingerprint density at radius 2 is 2.18 bits per heavy atom. The molecular weight excluding hydrogens is 232 g/mol. The van der Waals surface area contributed by atoms with Gasteiger partial charge in [-0.2, -0.15) is 0 Å². The predicted octanol–water partition coefficient (Wildman–Crippen LogP) is 2.69. The van der Waals surface area contributed by atoms with Gasteiger partial charge in [-0.05, 0) is 50.7 Å². The Morgan fingerprint density at radius 3 is 2.71 bits per heavy atom. The smallest absolute Gasteiger partial charge is 0.0556 e. The molecule has 1 aliphatic heterocycles. The zero-order valence-electron chi connectivity index (χ0n) is 10.7. The highest BCUT2D eigenvalue weighted by Crippen LogP contribution is 2.32. The first-order valence-electron chi connectivity index (χ1n) is 6.31. The van der Waals surface area contributed by atoms with Crippen LogP contribution in [0.3, 0.4) is 0 Å². The molecule has 1 aromatic heterocycles. The number of thiophene rings is 1. The summed E-state index contributed by atoms with van der Waals surface area (Å²) < 4.78 is 5.39. The molecule has 1 saturated heterocycles. The molecule has 1 aromatic rings. The van der Waals surface area contributed by atoms with E-state index < -0.39 is 0 Å². The van der Waals surface area contributed by atoms with Crippen molar-refractivity contribution in [2.45, 2.75) is 39.2 Å². The van der Waals surface area contributed by atoms with Crippen LogP contribution in [-0.4, -0.2) is 13.2 Å². The fourth-order valence-corrected chi connectivity index (χ4v) is 3.47. The van der Waals surface area contributed by atoms with Crippen molar-refractivity contribution in [3.8, 4) is 0 Å². The molecule has 0 radical (unpaired) electrons. The van der Waals surface area contributed by atoms with Crippen LogP contribution in [0, 0.1) is 19.8 Å². The first-order valence-corrected chi connectivity index (χ1v) is 7.13. The van der Waals surface area contributed by atoms with Crippen molar-refractivity contribution in [3.63, 3.8) is 0 Å². The van der Waals surface area contributed by atoms with Crippen molar-refractivity contribution in [2.75, 3.05) is 13.2 Å². The molecule has 1 atom stereocenters. The van der Waals surface area contributed by atoms with Gasteiger partial charge in [0.05, 0.1) is 6.04 Å². The van der Waals surface area contributed by atoms with Crippen LogP contribution in [0.4, 0.5) is 0 Å². The Balaban J connectivity index is 2.00. The average molecular weight is 254 g/mol. The molecule has 0 amide bonds. The van der Waals surface area contributed by atoms with Gasteiger partial charge in [-0.25, -0.2) is 0 Å². The SMILES string of the molecule is Cc1cc(C(CC2CCOCC2)NN)sc1C. The maximum atomic E-state index is 5.71. The normalized spacial score (nSPS) is 19.5. The monoisotopic (exact) mass is 254 g/mol. The number of rotatable bonds is 4. The second kappa shape index (κ2) is 5.96. The van der Waals surface area contributed by atoms with E-state index in [0.29, 0.717) is 6.04 Å². The van der Waals surface area contributed by atoms with Crippen LogP contribution >= 0.6 is 11.3 Å². The van der Waals surface area contributed by atoms with Gasteiger partial charge in [0.15, 0.2) is 0 Å². The molecule has 0 aliphatic carbocycles. The average Bonchev–Trinajstić information content (AvgIpc) is 2.68. The Bertz CT molecular complexity index is 339. The Labute approximate surface area is 107 Å². The quantitative estimate of drug-likeness (QED) is 0.641. The topological polar surface area (TPSA) is 47.3 Å². The minimum absolute atomic E-state index is 0.301. The van der Waals surface area contributed by atoms with Crippen LogP contribution in [0.5, 0.6) is 0 Å². The minimum atomic E-state index is 0.301. The summed E-state index contributed by atoms with van der Waals surface area (Å²) in [5, 5.41) is 0. The van der Waals surface area contributed by atoms with Crippen LogP contribution in [0.1, 0.15) is 40.6 Å². The molecule has 0 aromatic carbocycles. The first kappa shape index (κ1) is 13.0. The van der Waals surface area contributed by atoms with Crippen molar-refractivity contribution >= 4 is 11.3 Å². The Hall–Kier alpha value is -0.420. The molecule has 4 heteroatoms. The molecular formula is C13H22N2OS. The van der Waals surface area contributed by atoms with Gasteiger partial charge in [0, 0.05) is 23.0 Å². The van der Waals surface area contributed by atoms with Gasteiger partial charge in [-0.3, -0.25) is 11.3 Å². The van der Waals surface area contributed by atoms with E-state index in [1.807, 2.05) is 11.3 Å². The minimum Gasteiger partial charge on any atom is -0.381 e. The molecule has 2 heterocycles. The number of aryl methyl sites for hydroxylation is 2. The summed E-state index contributed by atoms with van der Waals surface area (Å²) in [7, 11) is 0. The first-order chi connectivity index (χ1) is 8.20. The molecule has 0 bridgehead atoms. The van der Waals surface area contributed by atoms with Crippen LogP contribution < -0.4 is 11.3 Å². The third kappa shape index (κ3) is 3.28. The highest BCUT2D eigenvalue weighted by atomic mass is 32.1. The lowest BCUT2D eigenvalue weighted by Gasteiger charge is -2.25. The molecule has 2 rings (SSSR count). The number of hydrazine groups is 1. The fourth-order valence-electron chi connectivity index (χ4n) is 2.36. The van der Waals surface area contributed by atoms with Crippen molar-refractivity contribution in [3.05, 3.63) is 21.4 Å². The van der Waals surface area contributed by atoms with Gasteiger partial charge in [-0.1, -0.05) is 0 Å². The second-order valence-electron chi connectivity index (χ2n) is 4.90. The molecule has 96 valence electrons. The summed E-state index contributed by atoms with van der Waals surface area (Å²) in [5.74, 6) is 6.45.